The van der Waals surface area contributed by atoms with E-state index >= 15 is 0 Å². The van der Waals surface area contributed by atoms with Crippen molar-refractivity contribution in [3.8, 4) is 11.5 Å². The van der Waals surface area contributed by atoms with Crippen LogP contribution >= 0.6 is 12.4 Å². The highest BCUT2D eigenvalue weighted by atomic mass is 35.5. The van der Waals surface area contributed by atoms with E-state index in [1.54, 1.807) is 24.3 Å². The highest BCUT2D eigenvalue weighted by Crippen LogP contribution is 2.37. The highest BCUT2D eigenvalue weighted by Gasteiger charge is 2.39. The third kappa shape index (κ3) is 2.78. The Kier molecular flexibility index (Phi) is 4.31. The Morgan fingerprint density at radius 3 is 2.42 bits per heavy atom. The quantitative estimate of drug-likeness (QED) is 0.886. The molecule has 0 atom stereocenters. The summed E-state index contributed by atoms with van der Waals surface area (Å²) in [6.45, 7) is 0.530. The van der Waals surface area contributed by atoms with Gasteiger partial charge in [-0.15, -0.1) is 12.4 Å². The van der Waals surface area contributed by atoms with E-state index in [1.165, 1.54) is 4.31 Å². The lowest BCUT2D eigenvalue weighted by Crippen LogP contribution is -2.44. The first-order valence-corrected chi connectivity index (χ1v) is 9.33. The maximum absolute atomic E-state index is 11.9. The third-order valence-electron chi connectivity index (χ3n) is 4.62. The summed E-state index contributed by atoms with van der Waals surface area (Å²) in [5.41, 5.74) is 7.16. The van der Waals surface area contributed by atoms with Crippen LogP contribution in [0.5, 0.6) is 0 Å². The normalized spacial score (nSPS) is 21.1. The molecule has 1 aliphatic carbocycles. The second kappa shape index (κ2) is 6.02. The van der Waals surface area contributed by atoms with Crippen molar-refractivity contribution in [2.75, 3.05) is 16.6 Å². The number of sulfonamides is 1. The van der Waals surface area contributed by atoms with Crippen LogP contribution in [0.15, 0.2) is 28.8 Å². The smallest absolute Gasteiger partial charge is 0.257 e. The Morgan fingerprint density at radius 2 is 1.88 bits per heavy atom. The summed E-state index contributed by atoms with van der Waals surface area (Å²) in [4.78, 5) is 4.40. The molecule has 0 unspecified atom stereocenters. The van der Waals surface area contributed by atoms with Crippen molar-refractivity contribution in [3.63, 3.8) is 0 Å². The second-order valence-electron chi connectivity index (χ2n) is 6.22. The van der Waals surface area contributed by atoms with Gasteiger partial charge in [-0.3, -0.25) is 4.31 Å². The van der Waals surface area contributed by atoms with Gasteiger partial charge in [-0.1, -0.05) is 5.16 Å². The van der Waals surface area contributed by atoms with Crippen molar-refractivity contribution in [2.24, 2.45) is 5.73 Å². The van der Waals surface area contributed by atoms with Gasteiger partial charge in [-0.05, 0) is 49.9 Å². The van der Waals surface area contributed by atoms with Gasteiger partial charge in [0.25, 0.3) is 5.89 Å². The zero-order chi connectivity index (χ0) is 16.1. The Morgan fingerprint density at radius 1 is 1.17 bits per heavy atom. The lowest BCUT2D eigenvalue weighted by atomic mass is 9.77. The average molecular weight is 371 g/mol. The standard InChI is InChI=1S/C15H18N4O3S.ClH/c16-15(7-1-8-15)14-17-13(22-18-14)11-3-5-12(6-4-11)19-9-2-10-23(19,20)21;/h3-6H,1-2,7-10,16H2;1H. The second-order valence-corrected chi connectivity index (χ2v) is 8.23. The number of benzene rings is 1. The topological polar surface area (TPSA) is 102 Å². The molecule has 0 bridgehead atoms. The van der Waals surface area contributed by atoms with E-state index in [0.29, 0.717) is 30.4 Å². The molecule has 0 radical (unpaired) electrons. The van der Waals surface area contributed by atoms with Gasteiger partial charge >= 0.3 is 0 Å². The Bertz CT molecular complexity index is 831. The van der Waals surface area contributed by atoms with E-state index in [-0.39, 0.29) is 18.2 Å². The first-order chi connectivity index (χ1) is 11.0. The molecule has 2 aromatic rings. The molecule has 4 rings (SSSR count). The molecule has 2 fully saturated rings. The van der Waals surface area contributed by atoms with E-state index in [2.05, 4.69) is 10.1 Å². The minimum Gasteiger partial charge on any atom is -0.334 e. The minimum atomic E-state index is -3.16. The van der Waals surface area contributed by atoms with Crippen LogP contribution in [0.2, 0.25) is 0 Å². The van der Waals surface area contributed by atoms with E-state index in [1.807, 2.05) is 0 Å². The molecule has 9 heteroatoms. The van der Waals surface area contributed by atoms with Gasteiger partial charge in [0.1, 0.15) is 0 Å². The van der Waals surface area contributed by atoms with E-state index < -0.39 is 15.6 Å². The molecule has 1 saturated carbocycles. The van der Waals surface area contributed by atoms with Crippen LogP contribution < -0.4 is 10.0 Å². The lowest BCUT2D eigenvalue weighted by molar-refractivity contribution is 0.229. The maximum Gasteiger partial charge on any atom is 0.257 e. The first-order valence-electron chi connectivity index (χ1n) is 7.72. The first kappa shape index (κ1) is 17.2. The number of hydrogen-bond donors (Lipinski definition) is 1. The van der Waals surface area contributed by atoms with Crippen LogP contribution in [0.1, 0.15) is 31.5 Å². The fourth-order valence-electron chi connectivity index (χ4n) is 3.02. The van der Waals surface area contributed by atoms with Crippen molar-refractivity contribution < 1.29 is 12.9 Å². The van der Waals surface area contributed by atoms with Crippen LogP contribution in [0, 0.1) is 0 Å². The van der Waals surface area contributed by atoms with Crippen LogP contribution in [-0.4, -0.2) is 30.9 Å². The molecule has 0 spiro atoms. The predicted molar refractivity (Wildman–Crippen MR) is 92.4 cm³/mol. The number of aromatic nitrogens is 2. The molecule has 24 heavy (non-hydrogen) atoms. The molecule has 0 amide bonds. The lowest BCUT2D eigenvalue weighted by Gasteiger charge is -2.34. The summed E-state index contributed by atoms with van der Waals surface area (Å²) in [5.74, 6) is 1.16. The van der Waals surface area contributed by atoms with Crippen molar-refractivity contribution in [1.29, 1.82) is 0 Å². The number of halogens is 1. The summed E-state index contributed by atoms with van der Waals surface area (Å²) in [5, 5.41) is 3.99. The minimum absolute atomic E-state index is 0. The van der Waals surface area contributed by atoms with E-state index in [4.69, 9.17) is 10.3 Å². The SMILES string of the molecule is Cl.NC1(c2noc(-c3ccc(N4CCCS4(=O)=O)cc3)n2)CCC1. The predicted octanol–water partition coefficient (Wildman–Crippen LogP) is 2.04. The molecule has 1 aliphatic heterocycles. The largest absolute Gasteiger partial charge is 0.334 e. The fourth-order valence-corrected chi connectivity index (χ4v) is 4.59. The summed E-state index contributed by atoms with van der Waals surface area (Å²) < 4.78 is 30.6. The molecule has 2 aliphatic rings. The molecule has 2 heterocycles. The third-order valence-corrected chi connectivity index (χ3v) is 6.49. The Balaban J connectivity index is 0.00000169. The van der Waals surface area contributed by atoms with Crippen molar-refractivity contribution in [3.05, 3.63) is 30.1 Å². The number of nitrogens with zero attached hydrogens (tertiary/aromatic N) is 3. The zero-order valence-corrected chi connectivity index (χ0v) is 14.6. The van der Waals surface area contributed by atoms with Gasteiger partial charge in [0.15, 0.2) is 5.82 Å². The Labute approximate surface area is 146 Å². The average Bonchev–Trinajstić information content (AvgIpc) is 3.11. The van der Waals surface area contributed by atoms with Crippen LogP contribution in [-0.2, 0) is 15.6 Å². The fraction of sp³-hybridized carbons (Fsp3) is 0.467. The van der Waals surface area contributed by atoms with Gasteiger partial charge in [-0.25, -0.2) is 8.42 Å². The molecule has 1 aromatic carbocycles. The Hall–Kier alpha value is -1.64. The number of nitrogens with two attached hydrogens (primary N) is 1. The summed E-state index contributed by atoms with van der Waals surface area (Å²) >= 11 is 0. The van der Waals surface area contributed by atoms with Crippen molar-refractivity contribution >= 4 is 28.1 Å². The number of rotatable bonds is 3. The summed E-state index contributed by atoms with van der Waals surface area (Å²) in [6, 6.07) is 7.13. The van der Waals surface area contributed by atoms with Gasteiger partial charge in [0.05, 0.1) is 17.0 Å². The maximum atomic E-state index is 11.9. The molecule has 1 saturated heterocycles. The number of anilines is 1. The van der Waals surface area contributed by atoms with Crippen molar-refractivity contribution in [1.82, 2.24) is 10.1 Å². The van der Waals surface area contributed by atoms with Gasteiger partial charge in [0, 0.05) is 12.1 Å². The van der Waals surface area contributed by atoms with Gasteiger partial charge < -0.3 is 10.3 Å². The summed E-state index contributed by atoms with van der Waals surface area (Å²) in [6.07, 6.45) is 3.49. The zero-order valence-electron chi connectivity index (χ0n) is 13.0. The van der Waals surface area contributed by atoms with Crippen molar-refractivity contribution in [2.45, 2.75) is 31.2 Å². The monoisotopic (exact) mass is 370 g/mol. The van der Waals surface area contributed by atoms with Crippen LogP contribution in [0.25, 0.3) is 11.5 Å². The van der Waals surface area contributed by atoms with Crippen LogP contribution in [0.3, 0.4) is 0 Å². The van der Waals surface area contributed by atoms with E-state index in [9.17, 15) is 8.42 Å². The van der Waals surface area contributed by atoms with Gasteiger partial charge in [0.2, 0.25) is 10.0 Å². The van der Waals surface area contributed by atoms with Crippen LogP contribution in [0.4, 0.5) is 5.69 Å². The molecular formula is C15H19ClN4O3S. The summed E-state index contributed by atoms with van der Waals surface area (Å²) in [7, 11) is -3.16. The molecule has 1 aromatic heterocycles. The number of hydrogen-bond acceptors (Lipinski definition) is 6. The molecule has 2 N–H and O–H groups in total. The highest BCUT2D eigenvalue weighted by molar-refractivity contribution is 7.93. The van der Waals surface area contributed by atoms with E-state index in [0.717, 1.165) is 24.8 Å². The molecule has 130 valence electrons. The molecular weight excluding hydrogens is 352 g/mol. The molecule has 7 nitrogen and oxygen atoms in total. The van der Waals surface area contributed by atoms with Gasteiger partial charge in [-0.2, -0.15) is 4.98 Å².